The van der Waals surface area contributed by atoms with Crippen LogP contribution in [-0.2, 0) is 28.4 Å². The van der Waals surface area contributed by atoms with Gasteiger partial charge in [0.2, 0.25) is 5.13 Å². The Labute approximate surface area is 284 Å². The Morgan fingerprint density at radius 3 is 2.53 bits per heavy atom. The van der Waals surface area contributed by atoms with Crippen LogP contribution in [0.25, 0.3) is 5.76 Å². The molecule has 1 fully saturated rings. The minimum absolute atomic E-state index is 0.0137. The van der Waals surface area contributed by atoms with Crippen LogP contribution in [0.4, 0.5) is 5.13 Å². The number of hydrogen-bond donors (Lipinski definition) is 1. The van der Waals surface area contributed by atoms with Crippen LogP contribution in [0.3, 0.4) is 0 Å². The third-order valence-corrected chi connectivity index (χ3v) is 10.3. The first-order valence-electron chi connectivity index (χ1n) is 14.9. The molecular weight excluding hydrogens is 654 g/mol. The van der Waals surface area contributed by atoms with E-state index in [0.717, 1.165) is 22.4 Å². The van der Waals surface area contributed by atoms with Crippen molar-refractivity contribution in [1.82, 2.24) is 10.2 Å². The number of thioether (sulfide) groups is 1. The van der Waals surface area contributed by atoms with E-state index in [1.165, 1.54) is 28.0 Å². The molecule has 2 unspecified atom stereocenters. The fourth-order valence-corrected chi connectivity index (χ4v) is 7.59. The van der Waals surface area contributed by atoms with Gasteiger partial charge in [0, 0.05) is 22.8 Å². The van der Waals surface area contributed by atoms with Crippen LogP contribution in [-0.4, -0.2) is 33.1 Å². The maximum atomic E-state index is 13.7. The molecule has 236 valence electrons. The van der Waals surface area contributed by atoms with Gasteiger partial charge in [-0.05, 0) is 71.6 Å². The number of rotatable bonds is 9. The number of aliphatic hydroxyl groups is 1. The highest BCUT2D eigenvalue weighted by Gasteiger charge is 2.48. The number of carbonyl (C=O) groups is 2. The molecule has 2 aliphatic rings. The van der Waals surface area contributed by atoms with Crippen molar-refractivity contribution in [2.45, 2.75) is 42.2 Å². The number of aromatic nitrogens is 2. The zero-order valence-corrected chi connectivity index (χ0v) is 27.5. The number of hydrogen-bond acceptors (Lipinski definition) is 9. The average molecular weight is 682 g/mol. The largest absolute Gasteiger partial charge is 0.507 e. The molecule has 0 bridgehead atoms. The maximum absolute atomic E-state index is 13.7. The van der Waals surface area contributed by atoms with E-state index in [9.17, 15) is 14.7 Å². The second kappa shape index (κ2) is 13.2. The van der Waals surface area contributed by atoms with Crippen LogP contribution < -0.4 is 14.4 Å². The first-order chi connectivity index (χ1) is 22.8. The van der Waals surface area contributed by atoms with Gasteiger partial charge in [-0.15, -0.1) is 10.2 Å². The standard InChI is InChI=1S/C36H28ClN3O5S2/c1-21-17-26-18-25(11-16-29(26)45-21)32(41)30-31(24-9-14-28(15-10-24)44-19-22-5-3-2-4-6-22)40(34(43)33(30)42)35-38-39-36(47-35)46-20-23-7-12-27(37)13-8-23/h2-16,18,21,31,41H,17,19-20H2,1H3/b32-30+. The predicted octanol–water partition coefficient (Wildman–Crippen LogP) is 8.01. The lowest BCUT2D eigenvalue weighted by Gasteiger charge is -2.22. The topological polar surface area (TPSA) is 102 Å². The van der Waals surface area contributed by atoms with Crippen molar-refractivity contribution in [2.24, 2.45) is 0 Å². The van der Waals surface area contributed by atoms with E-state index in [0.29, 0.717) is 45.0 Å². The van der Waals surface area contributed by atoms with Gasteiger partial charge in [0.25, 0.3) is 5.78 Å². The number of Topliss-reactive ketones (excluding diaryl/α,β-unsaturated/α-hetero) is 1. The molecule has 2 atom stereocenters. The number of fused-ring (bicyclic) bond motifs is 1. The number of nitrogens with zero attached hydrogens (tertiary/aromatic N) is 3. The molecule has 4 aromatic carbocycles. The smallest absolute Gasteiger partial charge is 0.301 e. The van der Waals surface area contributed by atoms with Crippen molar-refractivity contribution in [3.63, 3.8) is 0 Å². The average Bonchev–Trinajstić information content (AvgIpc) is 3.78. The predicted molar refractivity (Wildman–Crippen MR) is 183 cm³/mol. The van der Waals surface area contributed by atoms with Gasteiger partial charge in [-0.3, -0.25) is 14.5 Å². The van der Waals surface area contributed by atoms with E-state index in [1.807, 2.05) is 67.6 Å². The van der Waals surface area contributed by atoms with Gasteiger partial charge >= 0.3 is 5.91 Å². The Balaban J connectivity index is 1.22. The molecule has 0 spiro atoms. The van der Waals surface area contributed by atoms with Gasteiger partial charge in [-0.25, -0.2) is 0 Å². The summed E-state index contributed by atoms with van der Waals surface area (Å²) in [5.74, 6) is 0.148. The monoisotopic (exact) mass is 681 g/mol. The van der Waals surface area contributed by atoms with Gasteiger partial charge in [-0.1, -0.05) is 89.3 Å². The first-order valence-corrected chi connectivity index (χ1v) is 17.1. The lowest BCUT2D eigenvalue weighted by molar-refractivity contribution is -0.132. The fourth-order valence-electron chi connectivity index (χ4n) is 5.64. The van der Waals surface area contributed by atoms with Crippen LogP contribution in [0.2, 0.25) is 5.02 Å². The van der Waals surface area contributed by atoms with Crippen molar-refractivity contribution in [2.75, 3.05) is 4.90 Å². The molecule has 2 aliphatic heterocycles. The van der Waals surface area contributed by atoms with Gasteiger partial charge in [0.1, 0.15) is 30.0 Å². The van der Waals surface area contributed by atoms with Crippen LogP contribution in [0.5, 0.6) is 11.5 Å². The highest BCUT2D eigenvalue weighted by atomic mass is 35.5. The number of amides is 1. The van der Waals surface area contributed by atoms with Crippen molar-refractivity contribution >= 4 is 57.3 Å². The Morgan fingerprint density at radius 1 is 1.00 bits per heavy atom. The molecule has 8 nitrogen and oxygen atoms in total. The van der Waals surface area contributed by atoms with Crippen LogP contribution in [0.15, 0.2) is 107 Å². The summed E-state index contributed by atoms with van der Waals surface area (Å²) >= 11 is 8.70. The fraction of sp³-hybridized carbons (Fsp3) is 0.167. The molecule has 5 aromatic rings. The number of halogens is 1. The molecule has 1 amide bonds. The molecule has 1 saturated heterocycles. The molecule has 0 saturated carbocycles. The number of ketones is 1. The SMILES string of the molecule is CC1Cc2cc(/C(O)=C3\C(=O)C(=O)N(c4nnc(SCc5ccc(Cl)cc5)s4)C3c3ccc(OCc4ccccc4)cc3)ccc2O1. The van der Waals surface area contributed by atoms with E-state index < -0.39 is 17.7 Å². The molecule has 0 aliphatic carbocycles. The third-order valence-electron chi connectivity index (χ3n) is 7.94. The highest BCUT2D eigenvalue weighted by Crippen LogP contribution is 2.45. The number of benzene rings is 4. The second-order valence-electron chi connectivity index (χ2n) is 11.2. The number of aliphatic hydroxyl groups excluding tert-OH is 1. The van der Waals surface area contributed by atoms with E-state index in [2.05, 4.69) is 10.2 Å². The maximum Gasteiger partial charge on any atom is 0.301 e. The summed E-state index contributed by atoms with van der Waals surface area (Å²) in [7, 11) is 0. The van der Waals surface area contributed by atoms with Crippen LogP contribution >= 0.6 is 34.7 Å². The first kappa shape index (κ1) is 31.0. The zero-order valence-electron chi connectivity index (χ0n) is 25.1. The van der Waals surface area contributed by atoms with Crippen molar-refractivity contribution in [1.29, 1.82) is 0 Å². The summed E-state index contributed by atoms with van der Waals surface area (Å²) in [6.45, 7) is 2.36. The normalized spacial score (nSPS) is 18.3. The van der Waals surface area contributed by atoms with Gasteiger partial charge in [-0.2, -0.15) is 0 Å². The number of ether oxygens (including phenoxy) is 2. The Morgan fingerprint density at radius 2 is 1.77 bits per heavy atom. The van der Waals surface area contributed by atoms with Crippen molar-refractivity contribution < 1.29 is 24.2 Å². The molecule has 7 rings (SSSR count). The lowest BCUT2D eigenvalue weighted by Crippen LogP contribution is -2.29. The molecular formula is C36H28ClN3O5S2. The quantitative estimate of drug-likeness (QED) is 0.0549. The summed E-state index contributed by atoms with van der Waals surface area (Å²) in [5.41, 5.74) is 4.04. The molecule has 47 heavy (non-hydrogen) atoms. The second-order valence-corrected chi connectivity index (χ2v) is 13.8. The van der Waals surface area contributed by atoms with Crippen molar-refractivity contribution in [3.8, 4) is 11.5 Å². The lowest BCUT2D eigenvalue weighted by atomic mass is 9.94. The molecule has 3 heterocycles. The van der Waals surface area contributed by atoms with E-state index in [4.69, 9.17) is 21.1 Å². The summed E-state index contributed by atoms with van der Waals surface area (Å²) in [4.78, 5) is 28.8. The molecule has 11 heteroatoms. The van der Waals surface area contributed by atoms with E-state index in [-0.39, 0.29) is 22.6 Å². The van der Waals surface area contributed by atoms with Gasteiger partial charge in [0.05, 0.1) is 11.6 Å². The van der Waals surface area contributed by atoms with Gasteiger partial charge in [0.15, 0.2) is 4.34 Å². The van der Waals surface area contributed by atoms with Crippen LogP contribution in [0, 0.1) is 0 Å². The summed E-state index contributed by atoms with van der Waals surface area (Å²) in [6.07, 6.45) is 0.694. The highest BCUT2D eigenvalue weighted by molar-refractivity contribution is 8.00. The molecule has 1 N–H and O–H groups in total. The summed E-state index contributed by atoms with van der Waals surface area (Å²) < 4.78 is 12.4. The van der Waals surface area contributed by atoms with E-state index in [1.54, 1.807) is 36.4 Å². The summed E-state index contributed by atoms with van der Waals surface area (Å²) in [5, 5.41) is 21.2. The van der Waals surface area contributed by atoms with Crippen LogP contribution in [0.1, 0.15) is 40.8 Å². The molecule has 1 aromatic heterocycles. The minimum atomic E-state index is -0.941. The number of anilines is 1. The molecule has 0 radical (unpaired) electrons. The summed E-state index contributed by atoms with van der Waals surface area (Å²) in [6, 6.07) is 28.9. The third kappa shape index (κ3) is 6.49. The zero-order chi connectivity index (χ0) is 32.5. The van der Waals surface area contributed by atoms with Crippen molar-refractivity contribution in [3.05, 3.63) is 135 Å². The van der Waals surface area contributed by atoms with E-state index >= 15 is 0 Å². The Hall–Kier alpha value is -4.64. The Kier molecular flexibility index (Phi) is 8.72. The van der Waals surface area contributed by atoms with Gasteiger partial charge < -0.3 is 14.6 Å². The minimum Gasteiger partial charge on any atom is -0.507 e. The Bertz CT molecular complexity index is 1980. The number of carbonyl (C=O) groups excluding carboxylic acids is 2.